The second-order valence-corrected chi connectivity index (χ2v) is 6.39. The normalized spacial score (nSPS) is 25.4. The van der Waals surface area contributed by atoms with Crippen molar-refractivity contribution in [3.8, 4) is 0 Å². The molecule has 1 heterocycles. The lowest BCUT2D eigenvalue weighted by molar-refractivity contribution is 0.587. The molecular weight excluding hydrogens is 195 g/mol. The molecule has 0 saturated heterocycles. The molecular formula is C11H15O2P. The van der Waals surface area contributed by atoms with E-state index in [0.29, 0.717) is 0 Å². The summed E-state index contributed by atoms with van der Waals surface area (Å²) in [5.41, 5.74) is 1.27. The number of rotatable bonds is 1. The zero-order chi connectivity index (χ0) is 9.31. The Balaban J connectivity index is 0.000000980. The van der Waals surface area contributed by atoms with Gasteiger partial charge in [0.15, 0.2) is 0 Å². The van der Waals surface area contributed by atoms with E-state index in [1.54, 1.807) is 0 Å². The highest BCUT2D eigenvalue weighted by Gasteiger charge is 2.26. The molecule has 0 saturated carbocycles. The first-order valence-electron chi connectivity index (χ1n) is 4.53. The van der Waals surface area contributed by atoms with Gasteiger partial charge in [0, 0.05) is 11.5 Å². The molecule has 1 atom stereocenters. The van der Waals surface area contributed by atoms with Gasteiger partial charge in [-0.15, -0.1) is 0 Å². The summed E-state index contributed by atoms with van der Waals surface area (Å²) in [5, 5.41) is 1.01. The Morgan fingerprint density at radius 2 is 1.86 bits per heavy atom. The van der Waals surface area contributed by atoms with Crippen molar-refractivity contribution < 1.29 is 10.0 Å². The summed E-state index contributed by atoms with van der Waals surface area (Å²) in [7, 11) is -2.14. The molecule has 2 nitrogen and oxygen atoms in total. The minimum atomic E-state index is -2.14. The fourth-order valence-electron chi connectivity index (χ4n) is 1.71. The van der Waals surface area contributed by atoms with Crippen molar-refractivity contribution in [2.75, 3.05) is 6.16 Å². The molecule has 0 spiro atoms. The summed E-state index contributed by atoms with van der Waals surface area (Å²) < 4.78 is 12.3. The summed E-state index contributed by atoms with van der Waals surface area (Å²) in [4.78, 5) is 0. The van der Waals surface area contributed by atoms with Crippen molar-refractivity contribution in [3.63, 3.8) is 0 Å². The van der Waals surface area contributed by atoms with E-state index in [9.17, 15) is 4.57 Å². The van der Waals surface area contributed by atoms with Crippen LogP contribution in [0.15, 0.2) is 41.7 Å². The highest BCUT2D eigenvalue weighted by molar-refractivity contribution is 7.74. The van der Waals surface area contributed by atoms with Gasteiger partial charge in [-0.25, -0.2) is 0 Å². The molecule has 14 heavy (non-hydrogen) atoms. The monoisotopic (exact) mass is 210 g/mol. The highest BCUT2D eigenvalue weighted by atomic mass is 31.2. The predicted molar refractivity (Wildman–Crippen MR) is 60.5 cm³/mol. The second-order valence-electron chi connectivity index (χ2n) is 3.58. The Morgan fingerprint density at radius 1 is 1.21 bits per heavy atom. The van der Waals surface area contributed by atoms with Crippen molar-refractivity contribution in [2.45, 2.75) is 13.3 Å². The van der Waals surface area contributed by atoms with Crippen molar-refractivity contribution in [1.82, 2.24) is 0 Å². The molecule has 3 heteroatoms. The molecule has 0 radical (unpaired) electrons. The minimum absolute atomic E-state index is 0. The van der Waals surface area contributed by atoms with Crippen LogP contribution in [0, 0.1) is 0 Å². The maximum atomic E-state index is 12.3. The van der Waals surface area contributed by atoms with Gasteiger partial charge in [-0.3, -0.25) is 0 Å². The van der Waals surface area contributed by atoms with E-state index in [4.69, 9.17) is 0 Å². The van der Waals surface area contributed by atoms with Crippen LogP contribution < -0.4 is 5.30 Å². The van der Waals surface area contributed by atoms with Gasteiger partial charge in [0.05, 0.1) is 0 Å². The van der Waals surface area contributed by atoms with Crippen molar-refractivity contribution in [3.05, 3.63) is 41.7 Å². The van der Waals surface area contributed by atoms with Crippen LogP contribution in [-0.2, 0) is 4.57 Å². The van der Waals surface area contributed by atoms with Crippen molar-refractivity contribution in [1.29, 1.82) is 0 Å². The van der Waals surface area contributed by atoms with Gasteiger partial charge < -0.3 is 10.0 Å². The first kappa shape index (κ1) is 11.2. The summed E-state index contributed by atoms with van der Waals surface area (Å²) in [6.07, 6.45) is 1.81. The minimum Gasteiger partial charge on any atom is -0.412 e. The van der Waals surface area contributed by atoms with Gasteiger partial charge in [0.2, 0.25) is 0 Å². The van der Waals surface area contributed by atoms with Crippen molar-refractivity contribution >= 4 is 12.4 Å². The number of hydrogen-bond donors (Lipinski definition) is 0. The van der Waals surface area contributed by atoms with Gasteiger partial charge in [-0.2, -0.15) is 0 Å². The van der Waals surface area contributed by atoms with E-state index >= 15 is 0 Å². The first-order valence-corrected chi connectivity index (χ1v) is 6.49. The molecule has 1 aliphatic rings. The zero-order valence-electron chi connectivity index (χ0n) is 8.23. The van der Waals surface area contributed by atoms with Crippen LogP contribution in [-0.4, -0.2) is 11.6 Å². The lowest BCUT2D eigenvalue weighted by Crippen LogP contribution is -2.01. The zero-order valence-corrected chi connectivity index (χ0v) is 9.13. The summed E-state index contributed by atoms with van der Waals surface area (Å²) in [5.74, 6) is 1.97. The van der Waals surface area contributed by atoms with Crippen LogP contribution in [0.25, 0.3) is 0 Å². The molecule has 0 amide bonds. The van der Waals surface area contributed by atoms with Crippen LogP contribution in [0.2, 0.25) is 0 Å². The fourth-order valence-corrected chi connectivity index (χ4v) is 4.45. The third-order valence-corrected chi connectivity index (χ3v) is 5.38. The molecule has 2 N–H and O–H groups in total. The lowest BCUT2D eigenvalue weighted by atomic mass is 10.3. The largest absolute Gasteiger partial charge is 0.412 e. The summed E-state index contributed by atoms with van der Waals surface area (Å²) in [6.45, 7) is 2.06. The third kappa shape index (κ3) is 1.97. The standard InChI is InChI=1S/C11H13OP.H2O/c1-10-7-8-13(12,9-10)11-5-3-2-4-6-11;/h2-6,9H,7-8H2,1H3;1H2. The first-order chi connectivity index (χ1) is 6.21. The SMILES string of the molecule is CC1=CP(=O)(c2ccccc2)CC1.O. The van der Waals surface area contributed by atoms with Crippen LogP contribution in [0.4, 0.5) is 0 Å². The molecule has 2 rings (SSSR count). The van der Waals surface area contributed by atoms with Crippen LogP contribution in [0.3, 0.4) is 0 Å². The predicted octanol–water partition coefficient (Wildman–Crippen LogP) is 2.16. The van der Waals surface area contributed by atoms with Crippen LogP contribution in [0.1, 0.15) is 13.3 Å². The Kier molecular flexibility index (Phi) is 3.30. The average molecular weight is 210 g/mol. The van der Waals surface area contributed by atoms with Crippen LogP contribution in [0.5, 0.6) is 0 Å². The van der Waals surface area contributed by atoms with Crippen molar-refractivity contribution in [2.24, 2.45) is 0 Å². The maximum Gasteiger partial charge on any atom is 0.136 e. The number of hydrogen-bond acceptors (Lipinski definition) is 1. The molecule has 0 aliphatic carbocycles. The van der Waals surface area contributed by atoms with Gasteiger partial charge in [-0.05, 0) is 19.2 Å². The van der Waals surface area contributed by atoms with Crippen LogP contribution >= 0.6 is 7.14 Å². The topological polar surface area (TPSA) is 48.6 Å². The molecule has 0 fully saturated rings. The number of allylic oxidation sites excluding steroid dienone is 1. The Hall–Kier alpha value is -0.850. The molecule has 1 aromatic carbocycles. The molecule has 1 aromatic rings. The van der Waals surface area contributed by atoms with Gasteiger partial charge in [-0.1, -0.05) is 35.9 Å². The molecule has 1 unspecified atom stereocenters. The molecule has 0 bridgehead atoms. The van der Waals surface area contributed by atoms with E-state index in [0.717, 1.165) is 17.9 Å². The Labute approximate surface area is 84.3 Å². The molecule has 1 aliphatic heterocycles. The van der Waals surface area contributed by atoms with Gasteiger partial charge >= 0.3 is 0 Å². The smallest absolute Gasteiger partial charge is 0.136 e. The fraction of sp³-hybridized carbons (Fsp3) is 0.273. The lowest BCUT2D eigenvalue weighted by Gasteiger charge is -2.08. The summed E-state index contributed by atoms with van der Waals surface area (Å²) in [6, 6.07) is 9.81. The third-order valence-electron chi connectivity index (χ3n) is 2.46. The van der Waals surface area contributed by atoms with E-state index in [1.165, 1.54) is 5.57 Å². The summed E-state index contributed by atoms with van der Waals surface area (Å²) >= 11 is 0. The molecule has 76 valence electrons. The average Bonchev–Trinajstić information content (AvgIpc) is 2.49. The maximum absolute atomic E-state index is 12.3. The second kappa shape index (κ2) is 4.12. The van der Waals surface area contributed by atoms with Gasteiger partial charge in [0.25, 0.3) is 0 Å². The Morgan fingerprint density at radius 3 is 2.36 bits per heavy atom. The molecule has 0 aromatic heterocycles. The van der Waals surface area contributed by atoms with E-state index < -0.39 is 7.14 Å². The quantitative estimate of drug-likeness (QED) is 0.655. The van der Waals surface area contributed by atoms with E-state index in [1.807, 2.05) is 36.1 Å². The van der Waals surface area contributed by atoms with E-state index in [2.05, 4.69) is 6.92 Å². The highest BCUT2D eigenvalue weighted by Crippen LogP contribution is 2.52. The number of benzene rings is 1. The van der Waals surface area contributed by atoms with Gasteiger partial charge in [0.1, 0.15) is 7.14 Å². The van der Waals surface area contributed by atoms with E-state index in [-0.39, 0.29) is 5.48 Å². The Bertz CT molecular complexity index is 382.